The van der Waals surface area contributed by atoms with Crippen molar-refractivity contribution in [2.24, 2.45) is 0 Å². The zero-order valence-corrected chi connectivity index (χ0v) is 13.3. The van der Waals surface area contributed by atoms with Crippen molar-refractivity contribution in [3.8, 4) is 0 Å². The first kappa shape index (κ1) is 16.5. The van der Waals surface area contributed by atoms with Gasteiger partial charge >= 0.3 is 0 Å². The van der Waals surface area contributed by atoms with E-state index in [1.807, 2.05) is 37.3 Å². The molecule has 2 rings (SSSR count). The van der Waals surface area contributed by atoms with Gasteiger partial charge in [0.05, 0.1) is 12.7 Å². The second-order valence-corrected chi connectivity index (χ2v) is 6.38. The van der Waals surface area contributed by atoms with Crippen molar-refractivity contribution < 1.29 is 9.84 Å². The normalized spacial score (nSPS) is 25.5. The van der Waals surface area contributed by atoms with Gasteiger partial charge in [-0.3, -0.25) is 0 Å². The van der Waals surface area contributed by atoms with E-state index in [1.165, 1.54) is 19.3 Å². The predicted molar refractivity (Wildman–Crippen MR) is 86.3 cm³/mol. The van der Waals surface area contributed by atoms with Gasteiger partial charge in [0.15, 0.2) is 0 Å². The van der Waals surface area contributed by atoms with E-state index in [1.54, 1.807) is 0 Å². The second-order valence-electron chi connectivity index (χ2n) is 6.38. The number of nitrogens with one attached hydrogen (secondary N) is 1. The van der Waals surface area contributed by atoms with Gasteiger partial charge in [0.25, 0.3) is 0 Å². The van der Waals surface area contributed by atoms with E-state index in [4.69, 9.17) is 4.74 Å². The second kappa shape index (κ2) is 7.92. The summed E-state index contributed by atoms with van der Waals surface area (Å²) in [6.07, 6.45) is 6.02. The first-order valence-electron chi connectivity index (χ1n) is 8.24. The highest BCUT2D eigenvalue weighted by molar-refractivity contribution is 5.21. The number of hydrogen-bond donors (Lipinski definition) is 2. The summed E-state index contributed by atoms with van der Waals surface area (Å²) < 4.78 is 5.98. The van der Waals surface area contributed by atoms with Gasteiger partial charge in [-0.1, -0.05) is 37.3 Å². The Morgan fingerprint density at radius 2 is 1.86 bits per heavy atom. The molecule has 0 bridgehead atoms. The molecule has 21 heavy (non-hydrogen) atoms. The molecule has 1 saturated carbocycles. The molecule has 3 nitrogen and oxygen atoms in total. The highest BCUT2D eigenvalue weighted by Crippen LogP contribution is 2.25. The zero-order valence-electron chi connectivity index (χ0n) is 13.3. The first-order valence-corrected chi connectivity index (χ1v) is 8.24. The number of rotatable bonds is 7. The highest BCUT2D eigenvalue weighted by atomic mass is 16.5. The quantitative estimate of drug-likeness (QED) is 0.810. The van der Waals surface area contributed by atoms with Crippen LogP contribution in [0.2, 0.25) is 0 Å². The zero-order chi connectivity index (χ0) is 15.1. The fourth-order valence-corrected chi connectivity index (χ4v) is 2.94. The third-order valence-electron chi connectivity index (χ3n) is 4.35. The maximum Gasteiger partial charge on any atom is 0.110 e. The molecule has 1 aliphatic rings. The van der Waals surface area contributed by atoms with Gasteiger partial charge in [0.1, 0.15) is 5.60 Å². The molecule has 3 heteroatoms. The maximum atomic E-state index is 10.5. The van der Waals surface area contributed by atoms with E-state index in [0.29, 0.717) is 18.8 Å². The summed E-state index contributed by atoms with van der Waals surface area (Å²) in [7, 11) is 0. The van der Waals surface area contributed by atoms with E-state index in [-0.39, 0.29) is 0 Å². The number of aliphatic hydroxyl groups is 1. The SMILES string of the molecule is CCCNC1CCC(OCC(C)(O)c2ccccc2)CC1. The van der Waals surface area contributed by atoms with Gasteiger partial charge in [0.2, 0.25) is 0 Å². The Labute approximate surface area is 128 Å². The Morgan fingerprint density at radius 3 is 2.48 bits per heavy atom. The van der Waals surface area contributed by atoms with Crippen molar-refractivity contribution in [1.29, 1.82) is 0 Å². The molecule has 1 unspecified atom stereocenters. The van der Waals surface area contributed by atoms with Crippen molar-refractivity contribution in [1.82, 2.24) is 5.32 Å². The van der Waals surface area contributed by atoms with Crippen LogP contribution >= 0.6 is 0 Å². The van der Waals surface area contributed by atoms with E-state index in [2.05, 4.69) is 12.2 Å². The molecule has 1 aromatic rings. The molecule has 0 aliphatic heterocycles. The fourth-order valence-electron chi connectivity index (χ4n) is 2.94. The molecule has 118 valence electrons. The lowest BCUT2D eigenvalue weighted by Crippen LogP contribution is -2.37. The van der Waals surface area contributed by atoms with Crippen LogP contribution in [0.25, 0.3) is 0 Å². The Balaban J connectivity index is 1.74. The Kier molecular flexibility index (Phi) is 6.22. The fraction of sp³-hybridized carbons (Fsp3) is 0.667. The minimum Gasteiger partial charge on any atom is -0.383 e. The van der Waals surface area contributed by atoms with Crippen LogP contribution in [-0.2, 0) is 10.3 Å². The summed E-state index contributed by atoms with van der Waals surface area (Å²) >= 11 is 0. The van der Waals surface area contributed by atoms with Crippen LogP contribution in [-0.4, -0.2) is 30.4 Å². The third-order valence-corrected chi connectivity index (χ3v) is 4.35. The van der Waals surface area contributed by atoms with Gasteiger partial charge in [-0.25, -0.2) is 0 Å². The summed E-state index contributed by atoms with van der Waals surface area (Å²) in [4.78, 5) is 0. The lowest BCUT2D eigenvalue weighted by molar-refractivity contribution is -0.0769. The number of ether oxygens (including phenoxy) is 1. The Bertz CT molecular complexity index is 397. The monoisotopic (exact) mass is 291 g/mol. The number of benzene rings is 1. The van der Waals surface area contributed by atoms with E-state index < -0.39 is 5.60 Å². The minimum absolute atomic E-state index is 0.292. The van der Waals surface area contributed by atoms with Crippen molar-refractivity contribution >= 4 is 0 Å². The van der Waals surface area contributed by atoms with Crippen LogP contribution in [0.3, 0.4) is 0 Å². The lowest BCUT2D eigenvalue weighted by atomic mass is 9.92. The molecule has 1 aromatic carbocycles. The molecule has 0 heterocycles. The van der Waals surface area contributed by atoms with Crippen LogP contribution < -0.4 is 5.32 Å². The largest absolute Gasteiger partial charge is 0.383 e. The molecule has 0 aromatic heterocycles. The van der Waals surface area contributed by atoms with Crippen molar-refractivity contribution in [3.05, 3.63) is 35.9 Å². The van der Waals surface area contributed by atoms with Gasteiger partial charge < -0.3 is 15.2 Å². The average Bonchev–Trinajstić information content (AvgIpc) is 2.53. The molecule has 0 amide bonds. The third kappa shape index (κ3) is 5.10. The molecule has 0 radical (unpaired) electrons. The first-order chi connectivity index (χ1) is 10.1. The molecule has 1 aliphatic carbocycles. The van der Waals surface area contributed by atoms with E-state index in [0.717, 1.165) is 24.9 Å². The Morgan fingerprint density at radius 1 is 1.19 bits per heavy atom. The topological polar surface area (TPSA) is 41.5 Å². The van der Waals surface area contributed by atoms with Gasteiger partial charge in [-0.05, 0) is 51.1 Å². The van der Waals surface area contributed by atoms with Gasteiger partial charge in [-0.15, -0.1) is 0 Å². The Hall–Kier alpha value is -0.900. The summed E-state index contributed by atoms with van der Waals surface area (Å²) in [5.74, 6) is 0. The smallest absolute Gasteiger partial charge is 0.110 e. The minimum atomic E-state index is -0.904. The molecule has 1 atom stereocenters. The molecule has 1 fully saturated rings. The lowest BCUT2D eigenvalue weighted by Gasteiger charge is -2.32. The van der Waals surface area contributed by atoms with Crippen LogP contribution in [0, 0.1) is 0 Å². The summed E-state index contributed by atoms with van der Waals surface area (Å²) in [6.45, 7) is 5.51. The number of hydrogen-bond acceptors (Lipinski definition) is 3. The van der Waals surface area contributed by atoms with Crippen LogP contribution in [0.15, 0.2) is 30.3 Å². The summed E-state index contributed by atoms with van der Waals surface area (Å²) in [6, 6.07) is 10.4. The maximum absolute atomic E-state index is 10.5. The molecule has 2 N–H and O–H groups in total. The average molecular weight is 291 g/mol. The van der Waals surface area contributed by atoms with E-state index >= 15 is 0 Å². The van der Waals surface area contributed by atoms with E-state index in [9.17, 15) is 5.11 Å². The van der Waals surface area contributed by atoms with Crippen LogP contribution in [0.5, 0.6) is 0 Å². The summed E-state index contributed by atoms with van der Waals surface area (Å²) in [5.41, 5.74) is 0.0155. The standard InChI is InChI=1S/C18H29NO2/c1-3-13-19-16-9-11-17(12-10-16)21-14-18(2,20)15-7-5-4-6-8-15/h4-8,16-17,19-20H,3,9-14H2,1-2H3. The van der Waals surface area contributed by atoms with Crippen LogP contribution in [0.4, 0.5) is 0 Å². The van der Waals surface area contributed by atoms with Gasteiger partial charge in [-0.2, -0.15) is 0 Å². The molecule has 0 saturated heterocycles. The molecule has 0 spiro atoms. The van der Waals surface area contributed by atoms with Crippen LogP contribution in [0.1, 0.15) is 51.5 Å². The van der Waals surface area contributed by atoms with Crippen molar-refractivity contribution in [3.63, 3.8) is 0 Å². The predicted octanol–water partition coefficient (Wildman–Crippen LogP) is 3.22. The van der Waals surface area contributed by atoms with Crippen molar-refractivity contribution in [2.75, 3.05) is 13.2 Å². The van der Waals surface area contributed by atoms with Crippen molar-refractivity contribution in [2.45, 2.75) is 63.7 Å². The van der Waals surface area contributed by atoms with Gasteiger partial charge in [0, 0.05) is 6.04 Å². The molecular weight excluding hydrogens is 262 g/mol. The summed E-state index contributed by atoms with van der Waals surface area (Å²) in [5, 5.41) is 14.1. The molecular formula is C18H29NO2. The highest BCUT2D eigenvalue weighted by Gasteiger charge is 2.27.